The van der Waals surface area contributed by atoms with Crippen molar-refractivity contribution in [2.45, 2.75) is 12.5 Å². The number of allylic oxidation sites excluding steroid dienone is 1. The van der Waals surface area contributed by atoms with Gasteiger partial charge in [-0.1, -0.05) is 30.3 Å². The number of rotatable bonds is 2. The van der Waals surface area contributed by atoms with Gasteiger partial charge in [-0.25, -0.2) is 0 Å². The lowest BCUT2D eigenvalue weighted by molar-refractivity contribution is -0.118. The molecule has 2 aromatic rings. The molecule has 1 aromatic heterocycles. The highest BCUT2D eigenvalue weighted by Gasteiger charge is 2.22. The van der Waals surface area contributed by atoms with Gasteiger partial charge in [-0.3, -0.25) is 9.59 Å². The van der Waals surface area contributed by atoms with Gasteiger partial charge < -0.3 is 9.15 Å². The van der Waals surface area contributed by atoms with Gasteiger partial charge in [0.1, 0.15) is 11.5 Å². The maximum Gasteiger partial charge on any atom is 0.185 e. The van der Waals surface area contributed by atoms with Crippen molar-refractivity contribution >= 4 is 5.78 Å². The number of hydrogen-bond acceptors (Lipinski definition) is 4. The molecule has 1 atom stereocenters. The van der Waals surface area contributed by atoms with E-state index < -0.39 is 6.10 Å². The van der Waals surface area contributed by atoms with Crippen molar-refractivity contribution in [1.29, 1.82) is 0 Å². The summed E-state index contributed by atoms with van der Waals surface area (Å²) in [6.07, 6.45) is 2.35. The van der Waals surface area contributed by atoms with Crippen LogP contribution in [-0.4, -0.2) is 5.78 Å². The zero-order valence-electron chi connectivity index (χ0n) is 10.6. The van der Waals surface area contributed by atoms with E-state index in [2.05, 4.69) is 0 Å². The molecule has 0 N–H and O–H groups in total. The van der Waals surface area contributed by atoms with Crippen LogP contribution in [0.3, 0.4) is 0 Å². The van der Waals surface area contributed by atoms with E-state index in [4.69, 9.17) is 9.15 Å². The molecule has 4 nitrogen and oxygen atoms in total. The van der Waals surface area contributed by atoms with Crippen molar-refractivity contribution in [3.63, 3.8) is 0 Å². The molecule has 2 heterocycles. The molecule has 4 heteroatoms. The molecular formula is C16H12O4. The molecule has 0 aliphatic carbocycles. The van der Waals surface area contributed by atoms with Gasteiger partial charge in [-0.2, -0.15) is 0 Å². The zero-order chi connectivity index (χ0) is 13.9. The molecule has 1 aliphatic heterocycles. The standard InChI is InChI=1S/C16H12O4/c17-12-6-7-19-15(8-12)16-10-13(18)9-14(20-16)11-4-2-1-3-5-11/h1-7,9-10,15H,8H2. The van der Waals surface area contributed by atoms with Crippen LogP contribution in [0.15, 0.2) is 64.0 Å². The van der Waals surface area contributed by atoms with E-state index in [1.165, 1.54) is 24.5 Å². The Morgan fingerprint density at radius 2 is 1.85 bits per heavy atom. The van der Waals surface area contributed by atoms with Gasteiger partial charge in [-0.15, -0.1) is 0 Å². The number of carbonyl (C=O) groups is 1. The van der Waals surface area contributed by atoms with Crippen molar-refractivity contribution < 1.29 is 13.9 Å². The normalized spacial score (nSPS) is 17.8. The fraction of sp³-hybridized carbons (Fsp3) is 0.125. The first-order valence-electron chi connectivity index (χ1n) is 6.28. The summed E-state index contributed by atoms with van der Waals surface area (Å²) in [6.45, 7) is 0. The van der Waals surface area contributed by atoms with Crippen LogP contribution < -0.4 is 5.43 Å². The van der Waals surface area contributed by atoms with Gasteiger partial charge in [0.2, 0.25) is 0 Å². The van der Waals surface area contributed by atoms with Gasteiger partial charge in [0.05, 0.1) is 12.7 Å². The number of carbonyl (C=O) groups excluding carboxylic acids is 1. The van der Waals surface area contributed by atoms with E-state index in [9.17, 15) is 9.59 Å². The van der Waals surface area contributed by atoms with Gasteiger partial charge >= 0.3 is 0 Å². The van der Waals surface area contributed by atoms with Gasteiger partial charge in [-0.05, 0) is 0 Å². The molecule has 1 aromatic carbocycles. The molecule has 0 spiro atoms. The summed E-state index contributed by atoms with van der Waals surface area (Å²) in [4.78, 5) is 23.2. The number of ether oxygens (including phenoxy) is 1. The number of benzene rings is 1. The Morgan fingerprint density at radius 3 is 2.60 bits per heavy atom. The lowest BCUT2D eigenvalue weighted by atomic mass is 10.1. The molecule has 20 heavy (non-hydrogen) atoms. The highest BCUT2D eigenvalue weighted by molar-refractivity contribution is 5.90. The third kappa shape index (κ3) is 2.54. The maximum absolute atomic E-state index is 11.8. The van der Waals surface area contributed by atoms with Crippen LogP contribution in [0.5, 0.6) is 0 Å². The SMILES string of the molecule is O=C1C=COC(c2cc(=O)cc(-c3ccccc3)o2)C1. The summed E-state index contributed by atoms with van der Waals surface area (Å²) in [5.41, 5.74) is 0.639. The Bertz CT molecular complexity index is 713. The van der Waals surface area contributed by atoms with E-state index in [1.54, 1.807) is 0 Å². The quantitative estimate of drug-likeness (QED) is 0.840. The molecule has 100 valence electrons. The molecular weight excluding hydrogens is 256 g/mol. The smallest absolute Gasteiger partial charge is 0.185 e. The molecule has 3 rings (SSSR count). The summed E-state index contributed by atoms with van der Waals surface area (Å²) < 4.78 is 11.1. The van der Waals surface area contributed by atoms with Crippen LogP contribution in [0.25, 0.3) is 11.3 Å². The summed E-state index contributed by atoms with van der Waals surface area (Å²) >= 11 is 0. The minimum absolute atomic E-state index is 0.0472. The summed E-state index contributed by atoms with van der Waals surface area (Å²) in [5, 5.41) is 0. The van der Waals surface area contributed by atoms with E-state index >= 15 is 0 Å². The second-order valence-corrected chi connectivity index (χ2v) is 4.52. The summed E-state index contributed by atoms with van der Waals surface area (Å²) in [6, 6.07) is 12.1. The average molecular weight is 268 g/mol. The monoisotopic (exact) mass is 268 g/mol. The van der Waals surface area contributed by atoms with Crippen LogP contribution in [0.4, 0.5) is 0 Å². The van der Waals surface area contributed by atoms with E-state index in [-0.39, 0.29) is 17.6 Å². The fourth-order valence-electron chi connectivity index (χ4n) is 2.08. The molecule has 1 unspecified atom stereocenters. The van der Waals surface area contributed by atoms with Crippen LogP contribution in [0.2, 0.25) is 0 Å². The van der Waals surface area contributed by atoms with E-state index in [1.807, 2.05) is 30.3 Å². The summed E-state index contributed by atoms with van der Waals surface area (Å²) in [7, 11) is 0. The molecule has 1 aliphatic rings. The Kier molecular flexibility index (Phi) is 3.21. The lowest BCUT2D eigenvalue weighted by Gasteiger charge is -2.18. The van der Waals surface area contributed by atoms with Crippen molar-refractivity contribution in [2.75, 3.05) is 0 Å². The first-order chi connectivity index (χ1) is 9.72. The lowest BCUT2D eigenvalue weighted by Crippen LogP contribution is -2.13. The highest BCUT2D eigenvalue weighted by Crippen LogP contribution is 2.27. The molecule has 0 saturated heterocycles. The average Bonchev–Trinajstić information content (AvgIpc) is 2.47. The second-order valence-electron chi connectivity index (χ2n) is 4.52. The molecule has 0 bridgehead atoms. The third-order valence-electron chi connectivity index (χ3n) is 3.04. The highest BCUT2D eigenvalue weighted by atomic mass is 16.5. The first-order valence-corrected chi connectivity index (χ1v) is 6.28. The Balaban J connectivity index is 2.01. The predicted molar refractivity (Wildman–Crippen MR) is 73.0 cm³/mol. The Labute approximate surface area is 115 Å². The van der Waals surface area contributed by atoms with Crippen LogP contribution in [-0.2, 0) is 9.53 Å². The van der Waals surface area contributed by atoms with Crippen molar-refractivity contribution in [3.05, 3.63) is 70.8 Å². The second kappa shape index (κ2) is 5.17. The van der Waals surface area contributed by atoms with Gasteiger partial charge in [0, 0.05) is 23.8 Å². The first kappa shape index (κ1) is 12.4. The molecule has 0 amide bonds. The predicted octanol–water partition coefficient (Wildman–Crippen LogP) is 2.85. The van der Waals surface area contributed by atoms with Gasteiger partial charge in [0.15, 0.2) is 17.3 Å². The largest absolute Gasteiger partial charge is 0.489 e. The fourth-order valence-corrected chi connectivity index (χ4v) is 2.08. The van der Waals surface area contributed by atoms with Crippen LogP contribution >= 0.6 is 0 Å². The van der Waals surface area contributed by atoms with E-state index in [0.29, 0.717) is 11.5 Å². The van der Waals surface area contributed by atoms with Crippen LogP contribution in [0, 0.1) is 0 Å². The Morgan fingerprint density at radius 1 is 1.05 bits per heavy atom. The number of ketones is 1. The maximum atomic E-state index is 11.8. The molecule has 0 saturated carbocycles. The van der Waals surface area contributed by atoms with Gasteiger partial charge in [0.25, 0.3) is 0 Å². The molecule has 0 fully saturated rings. The Hall–Kier alpha value is -2.62. The zero-order valence-corrected chi connectivity index (χ0v) is 10.6. The summed E-state index contributed by atoms with van der Waals surface area (Å²) in [5.74, 6) is 0.793. The van der Waals surface area contributed by atoms with Crippen LogP contribution in [0.1, 0.15) is 18.3 Å². The minimum atomic E-state index is -0.538. The van der Waals surface area contributed by atoms with E-state index in [0.717, 1.165) is 5.56 Å². The third-order valence-corrected chi connectivity index (χ3v) is 3.04. The minimum Gasteiger partial charge on any atom is -0.489 e. The number of hydrogen-bond donors (Lipinski definition) is 0. The van der Waals surface area contributed by atoms with Crippen molar-refractivity contribution in [3.8, 4) is 11.3 Å². The topological polar surface area (TPSA) is 56.5 Å². The van der Waals surface area contributed by atoms with Crippen molar-refractivity contribution in [1.82, 2.24) is 0 Å². The van der Waals surface area contributed by atoms with Crippen molar-refractivity contribution in [2.24, 2.45) is 0 Å². The molecule has 0 radical (unpaired) electrons.